The fourth-order valence-corrected chi connectivity index (χ4v) is 3.29. The molecule has 0 unspecified atom stereocenters. The number of methoxy groups -OCH3 is 1. The molecule has 3 rings (SSSR count). The summed E-state index contributed by atoms with van der Waals surface area (Å²) in [5.74, 6) is -0.285. The Morgan fingerprint density at radius 2 is 1.79 bits per heavy atom. The Morgan fingerprint density at radius 3 is 2.36 bits per heavy atom. The zero-order chi connectivity index (χ0) is 20.3. The Hall–Kier alpha value is -3.06. The molecule has 0 bridgehead atoms. The lowest BCUT2D eigenvalue weighted by Crippen LogP contribution is -2.44. The van der Waals surface area contributed by atoms with Gasteiger partial charge >= 0.3 is 6.03 Å². The van der Waals surface area contributed by atoms with Gasteiger partial charge in [-0.05, 0) is 48.4 Å². The average Bonchev–Trinajstić information content (AvgIpc) is 2.94. The summed E-state index contributed by atoms with van der Waals surface area (Å²) >= 11 is 5.92. The third-order valence-electron chi connectivity index (χ3n) is 4.72. The maximum atomic E-state index is 13.0. The van der Waals surface area contributed by atoms with E-state index >= 15 is 0 Å². The topological polar surface area (TPSA) is 87.7 Å². The van der Waals surface area contributed by atoms with Gasteiger partial charge in [-0.15, -0.1) is 0 Å². The molecule has 2 N–H and O–H groups in total. The lowest BCUT2D eigenvalue weighted by molar-refractivity contribution is -0.134. The van der Waals surface area contributed by atoms with E-state index in [1.807, 2.05) is 0 Å². The summed E-state index contributed by atoms with van der Waals surface area (Å²) in [6.07, 6.45) is 0.343. The van der Waals surface area contributed by atoms with Crippen LogP contribution >= 0.6 is 11.6 Å². The van der Waals surface area contributed by atoms with Crippen LogP contribution in [0.4, 0.5) is 10.5 Å². The van der Waals surface area contributed by atoms with E-state index < -0.39 is 23.4 Å². The van der Waals surface area contributed by atoms with Gasteiger partial charge in [0.2, 0.25) is 5.91 Å². The molecule has 7 nitrogen and oxygen atoms in total. The van der Waals surface area contributed by atoms with E-state index in [4.69, 9.17) is 16.3 Å². The van der Waals surface area contributed by atoms with E-state index in [0.717, 1.165) is 4.90 Å². The van der Waals surface area contributed by atoms with Crippen molar-refractivity contribution < 1.29 is 19.1 Å². The van der Waals surface area contributed by atoms with Crippen molar-refractivity contribution in [2.45, 2.75) is 18.9 Å². The van der Waals surface area contributed by atoms with Crippen LogP contribution in [0, 0.1) is 0 Å². The number of amides is 4. The molecular weight excluding hydrogens is 382 g/mol. The quantitative estimate of drug-likeness (QED) is 0.728. The zero-order valence-corrected chi connectivity index (χ0v) is 16.2. The minimum absolute atomic E-state index is 0.343. The van der Waals surface area contributed by atoms with Crippen LogP contribution in [0.15, 0.2) is 48.5 Å². The fraction of sp³-hybridized carbons (Fsp3) is 0.250. The second kappa shape index (κ2) is 7.90. The number of carbonyl (C=O) groups is 3. The molecule has 4 amide bonds. The predicted octanol–water partition coefficient (Wildman–Crippen LogP) is 3.14. The lowest BCUT2D eigenvalue weighted by atomic mass is 9.87. The van der Waals surface area contributed by atoms with Crippen LogP contribution in [0.5, 0.6) is 5.75 Å². The molecule has 146 valence electrons. The predicted molar refractivity (Wildman–Crippen MR) is 105 cm³/mol. The SMILES string of the molecule is CC[C@]1(c2ccc(Cl)cc2)NC(=O)N(CC(=O)Nc2ccc(OC)cc2)C1=O. The van der Waals surface area contributed by atoms with Crippen molar-refractivity contribution in [2.75, 3.05) is 19.0 Å². The largest absolute Gasteiger partial charge is 0.497 e. The number of halogens is 1. The van der Waals surface area contributed by atoms with Crippen LogP contribution in [-0.4, -0.2) is 36.4 Å². The first-order valence-electron chi connectivity index (χ1n) is 8.73. The summed E-state index contributed by atoms with van der Waals surface area (Å²) in [4.78, 5) is 38.8. The van der Waals surface area contributed by atoms with Crippen molar-refractivity contribution in [3.63, 3.8) is 0 Å². The lowest BCUT2D eigenvalue weighted by Gasteiger charge is -2.25. The van der Waals surface area contributed by atoms with Gasteiger partial charge in [-0.1, -0.05) is 30.7 Å². The Balaban J connectivity index is 1.75. The minimum Gasteiger partial charge on any atom is -0.497 e. The smallest absolute Gasteiger partial charge is 0.325 e. The molecule has 1 atom stereocenters. The van der Waals surface area contributed by atoms with Gasteiger partial charge < -0.3 is 15.4 Å². The van der Waals surface area contributed by atoms with Crippen LogP contribution < -0.4 is 15.4 Å². The zero-order valence-electron chi connectivity index (χ0n) is 15.5. The number of anilines is 1. The second-order valence-corrected chi connectivity index (χ2v) is 6.80. The van der Waals surface area contributed by atoms with Gasteiger partial charge in [0.25, 0.3) is 5.91 Å². The molecule has 8 heteroatoms. The first kappa shape index (κ1) is 19.7. The van der Waals surface area contributed by atoms with Crippen molar-refractivity contribution in [1.29, 1.82) is 0 Å². The van der Waals surface area contributed by atoms with Crippen molar-refractivity contribution in [1.82, 2.24) is 10.2 Å². The number of urea groups is 1. The number of carbonyl (C=O) groups excluding carboxylic acids is 3. The third kappa shape index (κ3) is 3.66. The molecule has 1 saturated heterocycles. The van der Waals surface area contributed by atoms with E-state index in [1.54, 1.807) is 62.6 Å². The van der Waals surface area contributed by atoms with Crippen LogP contribution in [-0.2, 0) is 15.1 Å². The number of hydrogen-bond acceptors (Lipinski definition) is 4. The van der Waals surface area contributed by atoms with E-state index in [0.29, 0.717) is 28.4 Å². The maximum Gasteiger partial charge on any atom is 0.325 e. The first-order valence-corrected chi connectivity index (χ1v) is 9.11. The molecule has 1 aliphatic heterocycles. The van der Waals surface area contributed by atoms with Crippen LogP contribution in [0.2, 0.25) is 5.02 Å². The summed E-state index contributed by atoms with van der Waals surface area (Å²) in [5, 5.41) is 5.93. The second-order valence-electron chi connectivity index (χ2n) is 6.36. The standard InChI is InChI=1S/C20H20ClN3O4/c1-3-20(13-4-6-14(21)7-5-13)18(26)24(19(27)23-20)12-17(25)22-15-8-10-16(28-2)11-9-15/h4-11H,3,12H2,1-2H3,(H,22,25)(H,23,27)/t20-/m1/s1. The van der Waals surface area contributed by atoms with E-state index in [2.05, 4.69) is 10.6 Å². The molecule has 28 heavy (non-hydrogen) atoms. The van der Waals surface area contributed by atoms with Gasteiger partial charge in [0.05, 0.1) is 7.11 Å². The molecule has 0 aromatic heterocycles. The van der Waals surface area contributed by atoms with Gasteiger partial charge in [0.1, 0.15) is 17.8 Å². The molecular formula is C20H20ClN3O4. The average molecular weight is 402 g/mol. The Bertz CT molecular complexity index is 899. The highest BCUT2D eigenvalue weighted by molar-refractivity contribution is 6.30. The minimum atomic E-state index is -1.21. The molecule has 1 fully saturated rings. The van der Waals surface area contributed by atoms with Crippen molar-refractivity contribution >= 4 is 35.1 Å². The Morgan fingerprint density at radius 1 is 1.14 bits per heavy atom. The summed E-state index contributed by atoms with van der Waals surface area (Å²) < 4.78 is 5.07. The first-order chi connectivity index (χ1) is 13.4. The molecule has 0 aliphatic carbocycles. The Labute approximate surface area is 167 Å². The third-order valence-corrected chi connectivity index (χ3v) is 4.97. The molecule has 0 saturated carbocycles. The summed E-state index contributed by atoms with van der Waals surface area (Å²) in [5.41, 5.74) is -0.0460. The highest BCUT2D eigenvalue weighted by Crippen LogP contribution is 2.33. The van der Waals surface area contributed by atoms with Crippen LogP contribution in [0.3, 0.4) is 0 Å². The molecule has 2 aromatic rings. The number of benzene rings is 2. The number of nitrogens with zero attached hydrogens (tertiary/aromatic N) is 1. The number of ether oxygens (including phenoxy) is 1. The molecule has 1 heterocycles. The fourth-order valence-electron chi connectivity index (χ4n) is 3.16. The van der Waals surface area contributed by atoms with Crippen molar-refractivity contribution in [3.8, 4) is 5.75 Å². The molecule has 2 aromatic carbocycles. The van der Waals surface area contributed by atoms with Gasteiger partial charge in [0.15, 0.2) is 0 Å². The maximum absolute atomic E-state index is 13.0. The van der Waals surface area contributed by atoms with Crippen molar-refractivity contribution in [2.24, 2.45) is 0 Å². The molecule has 0 spiro atoms. The van der Waals surface area contributed by atoms with Gasteiger partial charge in [-0.25, -0.2) is 4.79 Å². The number of imide groups is 1. The van der Waals surface area contributed by atoms with Crippen LogP contribution in [0.25, 0.3) is 0 Å². The Kier molecular flexibility index (Phi) is 5.56. The summed E-state index contributed by atoms with van der Waals surface area (Å²) in [6.45, 7) is 1.42. The summed E-state index contributed by atoms with van der Waals surface area (Å²) in [7, 11) is 1.55. The van der Waals surface area contributed by atoms with Crippen LogP contribution in [0.1, 0.15) is 18.9 Å². The van der Waals surface area contributed by atoms with E-state index in [1.165, 1.54) is 0 Å². The van der Waals surface area contributed by atoms with Gasteiger partial charge in [-0.3, -0.25) is 14.5 Å². The number of nitrogens with one attached hydrogen (secondary N) is 2. The van der Waals surface area contributed by atoms with E-state index in [-0.39, 0.29) is 6.54 Å². The van der Waals surface area contributed by atoms with Gasteiger partial charge in [0, 0.05) is 10.7 Å². The van der Waals surface area contributed by atoms with E-state index in [9.17, 15) is 14.4 Å². The molecule has 1 aliphatic rings. The molecule has 0 radical (unpaired) electrons. The van der Waals surface area contributed by atoms with Gasteiger partial charge in [-0.2, -0.15) is 0 Å². The highest BCUT2D eigenvalue weighted by atomic mass is 35.5. The number of rotatable bonds is 6. The highest BCUT2D eigenvalue weighted by Gasteiger charge is 2.51. The normalized spacial score (nSPS) is 18.8. The number of hydrogen-bond donors (Lipinski definition) is 2. The monoisotopic (exact) mass is 401 g/mol. The van der Waals surface area contributed by atoms with Crippen molar-refractivity contribution in [3.05, 3.63) is 59.1 Å². The summed E-state index contributed by atoms with van der Waals surface area (Å²) in [6, 6.07) is 12.9.